The Morgan fingerprint density at radius 3 is 2.58 bits per heavy atom. The first-order valence-corrected chi connectivity index (χ1v) is 8.92. The third-order valence-electron chi connectivity index (χ3n) is 4.85. The summed E-state index contributed by atoms with van der Waals surface area (Å²) >= 11 is 0. The van der Waals surface area contributed by atoms with Crippen molar-refractivity contribution in [2.75, 3.05) is 12.9 Å². The topological polar surface area (TPSA) is 43.4 Å². The molecule has 0 aromatic heterocycles. The molecule has 2 aliphatic carbocycles. The van der Waals surface area contributed by atoms with Gasteiger partial charge in [-0.1, -0.05) is 26.2 Å². The van der Waals surface area contributed by atoms with Crippen molar-refractivity contribution in [3.05, 3.63) is 0 Å². The maximum Gasteiger partial charge on any atom is 0.306 e. The summed E-state index contributed by atoms with van der Waals surface area (Å²) in [6, 6.07) is 0. The minimum atomic E-state index is -0.770. The third-order valence-corrected chi connectivity index (χ3v) is 7.05. The molecule has 4 heteroatoms. The molecule has 2 fully saturated rings. The zero-order valence-corrected chi connectivity index (χ0v) is 13.0. The number of carbonyl (C=O) groups is 1. The van der Waals surface area contributed by atoms with E-state index in [9.17, 15) is 9.00 Å². The van der Waals surface area contributed by atoms with Crippen LogP contribution in [0.2, 0.25) is 0 Å². The lowest BCUT2D eigenvalue weighted by Gasteiger charge is -2.31. The van der Waals surface area contributed by atoms with Crippen molar-refractivity contribution in [3.8, 4) is 0 Å². The molecule has 0 N–H and O–H groups in total. The minimum Gasteiger partial charge on any atom is -0.469 e. The second kappa shape index (κ2) is 6.38. The Kier molecular flexibility index (Phi) is 5.04. The van der Waals surface area contributed by atoms with E-state index in [0.29, 0.717) is 23.3 Å². The van der Waals surface area contributed by atoms with Crippen molar-refractivity contribution in [1.82, 2.24) is 0 Å². The van der Waals surface area contributed by atoms with Gasteiger partial charge >= 0.3 is 5.97 Å². The molecule has 3 unspecified atom stereocenters. The van der Waals surface area contributed by atoms with Crippen LogP contribution in [0.3, 0.4) is 0 Å². The second-order valence-corrected chi connectivity index (χ2v) is 7.92. The summed E-state index contributed by atoms with van der Waals surface area (Å²) < 4.78 is 17.4. The number of ether oxygens (including phenoxy) is 1. The highest BCUT2D eigenvalue weighted by atomic mass is 32.2. The fraction of sp³-hybridized carbons (Fsp3) is 0.933. The SMILES string of the molecule is CCC1CCCCC1S(=O)CC1(CC(=O)OC)CC1. The predicted octanol–water partition coefficient (Wildman–Crippen LogP) is 3.05. The van der Waals surface area contributed by atoms with Crippen molar-refractivity contribution in [2.24, 2.45) is 11.3 Å². The molecule has 0 aliphatic heterocycles. The molecule has 2 saturated carbocycles. The van der Waals surface area contributed by atoms with Gasteiger partial charge in [0, 0.05) is 21.8 Å². The van der Waals surface area contributed by atoms with Gasteiger partial charge in [0.2, 0.25) is 0 Å². The lowest BCUT2D eigenvalue weighted by Crippen LogP contribution is -2.32. The standard InChI is InChI=1S/C15H26O3S/c1-3-12-6-4-5-7-13(12)19(17)11-15(8-9-15)10-14(16)18-2/h12-13H,3-11H2,1-2H3. The Bertz CT molecular complexity index is 349. The lowest BCUT2D eigenvalue weighted by atomic mass is 9.87. The zero-order chi connectivity index (χ0) is 13.9. The third kappa shape index (κ3) is 3.80. The molecule has 0 aromatic rings. The molecule has 3 nitrogen and oxygen atoms in total. The molecule has 0 saturated heterocycles. The van der Waals surface area contributed by atoms with Crippen LogP contribution in [0.4, 0.5) is 0 Å². The van der Waals surface area contributed by atoms with Crippen LogP contribution in [0.15, 0.2) is 0 Å². The van der Waals surface area contributed by atoms with Gasteiger partial charge in [-0.25, -0.2) is 0 Å². The summed E-state index contributed by atoms with van der Waals surface area (Å²) in [5.74, 6) is 1.19. The van der Waals surface area contributed by atoms with Gasteiger partial charge in [0.15, 0.2) is 0 Å². The summed E-state index contributed by atoms with van der Waals surface area (Å²) in [4.78, 5) is 11.4. The van der Waals surface area contributed by atoms with Crippen LogP contribution >= 0.6 is 0 Å². The van der Waals surface area contributed by atoms with Gasteiger partial charge in [0.05, 0.1) is 13.5 Å². The van der Waals surface area contributed by atoms with Crippen LogP contribution in [-0.4, -0.2) is 28.3 Å². The highest BCUT2D eigenvalue weighted by Crippen LogP contribution is 2.50. The molecule has 0 amide bonds. The quantitative estimate of drug-likeness (QED) is 0.705. The first kappa shape index (κ1) is 15.0. The molecule has 19 heavy (non-hydrogen) atoms. The second-order valence-electron chi connectivity index (χ2n) is 6.27. The molecule has 110 valence electrons. The normalized spacial score (nSPS) is 30.6. The highest BCUT2D eigenvalue weighted by molar-refractivity contribution is 7.85. The molecule has 0 aromatic carbocycles. The Morgan fingerprint density at radius 2 is 2.00 bits per heavy atom. The van der Waals surface area contributed by atoms with Crippen LogP contribution in [0.25, 0.3) is 0 Å². The maximum absolute atomic E-state index is 12.7. The van der Waals surface area contributed by atoms with Gasteiger partial charge in [0.25, 0.3) is 0 Å². The number of hydrogen-bond acceptors (Lipinski definition) is 3. The fourth-order valence-electron chi connectivity index (χ4n) is 3.32. The molecule has 2 rings (SSSR count). The number of methoxy groups -OCH3 is 1. The van der Waals surface area contributed by atoms with E-state index in [1.54, 1.807) is 0 Å². The molecular weight excluding hydrogens is 260 g/mol. The van der Waals surface area contributed by atoms with Crippen molar-refractivity contribution in [3.63, 3.8) is 0 Å². The zero-order valence-electron chi connectivity index (χ0n) is 12.2. The minimum absolute atomic E-state index is 0.00763. The van der Waals surface area contributed by atoms with Gasteiger partial charge in [-0.05, 0) is 37.0 Å². The van der Waals surface area contributed by atoms with Gasteiger partial charge in [-0.3, -0.25) is 9.00 Å². The molecule has 2 aliphatic rings. The number of hydrogen-bond donors (Lipinski definition) is 0. The first-order chi connectivity index (χ1) is 9.10. The Hall–Kier alpha value is -0.380. The molecule has 3 atom stereocenters. The highest BCUT2D eigenvalue weighted by Gasteiger charge is 2.47. The van der Waals surface area contributed by atoms with Gasteiger partial charge in [0.1, 0.15) is 0 Å². The van der Waals surface area contributed by atoms with E-state index in [1.165, 1.54) is 26.4 Å². The van der Waals surface area contributed by atoms with Crippen LogP contribution < -0.4 is 0 Å². The first-order valence-electron chi connectivity index (χ1n) is 7.54. The van der Waals surface area contributed by atoms with Gasteiger partial charge in [-0.2, -0.15) is 0 Å². The van der Waals surface area contributed by atoms with E-state index in [1.807, 2.05) is 0 Å². The summed E-state index contributed by atoms with van der Waals surface area (Å²) in [6.07, 6.45) is 8.53. The summed E-state index contributed by atoms with van der Waals surface area (Å²) in [5, 5.41) is 0.369. The van der Waals surface area contributed by atoms with Crippen LogP contribution in [0.5, 0.6) is 0 Å². The Morgan fingerprint density at radius 1 is 1.32 bits per heavy atom. The Labute approximate surface area is 118 Å². The van der Waals surface area contributed by atoms with Gasteiger partial charge in [-0.15, -0.1) is 0 Å². The average molecular weight is 286 g/mol. The van der Waals surface area contributed by atoms with E-state index < -0.39 is 10.8 Å². The lowest BCUT2D eigenvalue weighted by molar-refractivity contribution is -0.141. The van der Waals surface area contributed by atoms with Crippen LogP contribution in [0.1, 0.15) is 58.3 Å². The van der Waals surface area contributed by atoms with Crippen molar-refractivity contribution in [1.29, 1.82) is 0 Å². The monoisotopic (exact) mass is 286 g/mol. The largest absolute Gasteiger partial charge is 0.469 e. The van der Waals surface area contributed by atoms with Crippen LogP contribution in [-0.2, 0) is 20.3 Å². The van der Waals surface area contributed by atoms with E-state index in [-0.39, 0.29) is 11.4 Å². The molecule has 0 bridgehead atoms. The van der Waals surface area contributed by atoms with E-state index >= 15 is 0 Å². The molecule has 0 radical (unpaired) electrons. The Balaban J connectivity index is 1.91. The van der Waals surface area contributed by atoms with E-state index in [2.05, 4.69) is 6.92 Å². The van der Waals surface area contributed by atoms with Gasteiger partial charge < -0.3 is 4.74 Å². The van der Waals surface area contributed by atoms with E-state index in [4.69, 9.17) is 4.74 Å². The van der Waals surface area contributed by atoms with Crippen LogP contribution in [0, 0.1) is 11.3 Å². The average Bonchev–Trinajstić information content (AvgIpc) is 3.17. The molecular formula is C15H26O3S. The summed E-state index contributed by atoms with van der Waals surface area (Å²) in [6.45, 7) is 2.21. The summed E-state index contributed by atoms with van der Waals surface area (Å²) in [7, 11) is 0.665. The molecule has 0 spiro atoms. The molecule has 0 heterocycles. The maximum atomic E-state index is 12.7. The van der Waals surface area contributed by atoms with Crippen molar-refractivity contribution in [2.45, 2.75) is 63.5 Å². The van der Waals surface area contributed by atoms with E-state index in [0.717, 1.165) is 25.7 Å². The predicted molar refractivity (Wildman–Crippen MR) is 77.3 cm³/mol. The summed E-state index contributed by atoms with van der Waals surface area (Å²) in [5.41, 5.74) is 0.00763. The number of carbonyl (C=O) groups excluding carboxylic acids is 1. The number of esters is 1. The number of rotatable bonds is 6. The van der Waals surface area contributed by atoms with Crippen molar-refractivity contribution < 1.29 is 13.7 Å². The van der Waals surface area contributed by atoms with Crippen molar-refractivity contribution >= 4 is 16.8 Å². The fourth-order valence-corrected chi connectivity index (χ4v) is 5.72. The smallest absolute Gasteiger partial charge is 0.306 e.